The van der Waals surface area contributed by atoms with E-state index in [0.717, 1.165) is 45.4 Å². The van der Waals surface area contributed by atoms with Crippen LogP contribution in [0.1, 0.15) is 56.2 Å². The standard InChI is InChI=1S/C26H38N2O/c1-6-25(3)20-26(16-18-29-25,23-11-7-21(2)8-12-23)15-17-27-19-22-9-13-24(14-10-22)28(4)5/h7-14,27H,6,15-20H2,1-5H3/t25-,26+/m1/s1. The van der Waals surface area contributed by atoms with E-state index in [2.05, 4.69) is 93.6 Å². The number of benzene rings is 2. The predicted molar refractivity (Wildman–Crippen MR) is 124 cm³/mol. The lowest BCUT2D eigenvalue weighted by atomic mass is 9.66. The predicted octanol–water partition coefficient (Wildman–Crippen LogP) is 5.46. The highest BCUT2D eigenvalue weighted by Gasteiger charge is 2.43. The van der Waals surface area contributed by atoms with Crippen LogP contribution in [-0.4, -0.2) is 32.8 Å². The number of ether oxygens (including phenoxy) is 1. The van der Waals surface area contributed by atoms with Gasteiger partial charge in [-0.25, -0.2) is 0 Å². The number of aryl methyl sites for hydroxylation is 1. The highest BCUT2D eigenvalue weighted by atomic mass is 16.5. The van der Waals surface area contributed by atoms with Crippen LogP contribution in [0.4, 0.5) is 5.69 Å². The molecular formula is C26H38N2O. The minimum absolute atomic E-state index is 0.0227. The van der Waals surface area contributed by atoms with Crippen molar-refractivity contribution in [3.05, 3.63) is 65.2 Å². The number of nitrogens with zero attached hydrogens (tertiary/aromatic N) is 1. The summed E-state index contributed by atoms with van der Waals surface area (Å²) in [5.41, 5.74) is 5.55. The Bertz CT molecular complexity index is 768. The molecule has 0 bridgehead atoms. The van der Waals surface area contributed by atoms with Crippen molar-refractivity contribution in [1.29, 1.82) is 0 Å². The fourth-order valence-corrected chi connectivity index (χ4v) is 4.56. The summed E-state index contributed by atoms with van der Waals surface area (Å²) in [6.07, 6.45) is 4.40. The summed E-state index contributed by atoms with van der Waals surface area (Å²) in [7, 11) is 4.16. The second-order valence-corrected chi connectivity index (χ2v) is 9.21. The van der Waals surface area contributed by atoms with E-state index >= 15 is 0 Å². The smallest absolute Gasteiger partial charge is 0.0660 e. The van der Waals surface area contributed by atoms with Crippen molar-refractivity contribution in [3.63, 3.8) is 0 Å². The Labute approximate surface area is 177 Å². The number of anilines is 1. The molecule has 1 N–H and O–H groups in total. The van der Waals surface area contributed by atoms with E-state index in [1.807, 2.05) is 0 Å². The second-order valence-electron chi connectivity index (χ2n) is 9.21. The lowest BCUT2D eigenvalue weighted by Crippen LogP contribution is -2.46. The molecule has 0 radical (unpaired) electrons. The molecule has 2 aromatic rings. The molecule has 29 heavy (non-hydrogen) atoms. The van der Waals surface area contributed by atoms with Gasteiger partial charge in [-0.2, -0.15) is 0 Å². The monoisotopic (exact) mass is 394 g/mol. The molecule has 0 amide bonds. The van der Waals surface area contributed by atoms with Crippen LogP contribution in [-0.2, 0) is 16.7 Å². The Kier molecular flexibility index (Phi) is 7.02. The highest BCUT2D eigenvalue weighted by molar-refractivity contribution is 5.46. The van der Waals surface area contributed by atoms with Crippen molar-refractivity contribution < 1.29 is 4.74 Å². The van der Waals surface area contributed by atoms with Crippen LogP contribution < -0.4 is 10.2 Å². The van der Waals surface area contributed by atoms with Gasteiger partial charge in [-0.15, -0.1) is 0 Å². The summed E-state index contributed by atoms with van der Waals surface area (Å²) in [4.78, 5) is 2.14. The molecule has 3 rings (SSSR count). The fourth-order valence-electron chi connectivity index (χ4n) is 4.56. The minimum atomic E-state index is -0.0227. The van der Waals surface area contributed by atoms with E-state index in [4.69, 9.17) is 4.74 Å². The lowest BCUT2D eigenvalue weighted by Gasteiger charge is -2.47. The van der Waals surface area contributed by atoms with E-state index in [1.165, 1.54) is 22.4 Å². The molecule has 1 heterocycles. The molecule has 0 aliphatic carbocycles. The van der Waals surface area contributed by atoms with E-state index in [0.29, 0.717) is 0 Å². The van der Waals surface area contributed by atoms with Gasteiger partial charge in [-0.05, 0) is 69.3 Å². The summed E-state index contributed by atoms with van der Waals surface area (Å²) in [6.45, 7) is 9.49. The van der Waals surface area contributed by atoms with Crippen LogP contribution >= 0.6 is 0 Å². The molecule has 1 aliphatic rings. The van der Waals surface area contributed by atoms with Crippen molar-refractivity contribution in [1.82, 2.24) is 5.32 Å². The Morgan fingerprint density at radius 2 is 1.72 bits per heavy atom. The summed E-state index contributed by atoms with van der Waals surface area (Å²) < 4.78 is 6.20. The maximum absolute atomic E-state index is 6.20. The zero-order chi connectivity index (χ0) is 20.9. The highest BCUT2D eigenvalue weighted by Crippen LogP contribution is 2.45. The third kappa shape index (κ3) is 5.40. The molecule has 0 saturated carbocycles. The van der Waals surface area contributed by atoms with Crippen molar-refractivity contribution >= 4 is 5.69 Å². The van der Waals surface area contributed by atoms with E-state index < -0.39 is 0 Å². The molecule has 158 valence electrons. The van der Waals surface area contributed by atoms with Crippen molar-refractivity contribution in [2.45, 2.75) is 64.0 Å². The molecule has 2 aromatic carbocycles. The van der Waals surface area contributed by atoms with Crippen LogP contribution in [0, 0.1) is 6.92 Å². The van der Waals surface area contributed by atoms with E-state index in [-0.39, 0.29) is 11.0 Å². The fraction of sp³-hybridized carbons (Fsp3) is 0.538. The average molecular weight is 395 g/mol. The van der Waals surface area contributed by atoms with Crippen molar-refractivity contribution in [3.8, 4) is 0 Å². The zero-order valence-electron chi connectivity index (χ0n) is 18.9. The van der Waals surface area contributed by atoms with Gasteiger partial charge in [-0.3, -0.25) is 0 Å². The number of nitrogens with one attached hydrogen (secondary N) is 1. The van der Waals surface area contributed by atoms with Crippen LogP contribution in [0.15, 0.2) is 48.5 Å². The first kappa shape index (κ1) is 21.9. The maximum Gasteiger partial charge on any atom is 0.0660 e. The summed E-state index contributed by atoms with van der Waals surface area (Å²) >= 11 is 0. The minimum Gasteiger partial charge on any atom is -0.378 e. The van der Waals surface area contributed by atoms with Crippen LogP contribution in [0.25, 0.3) is 0 Å². The van der Waals surface area contributed by atoms with E-state index in [9.17, 15) is 0 Å². The largest absolute Gasteiger partial charge is 0.378 e. The van der Waals surface area contributed by atoms with Gasteiger partial charge in [-0.1, -0.05) is 48.9 Å². The normalized spacial score (nSPS) is 24.4. The average Bonchev–Trinajstić information content (AvgIpc) is 2.72. The number of hydrogen-bond acceptors (Lipinski definition) is 3. The van der Waals surface area contributed by atoms with Gasteiger partial charge in [0.15, 0.2) is 0 Å². The topological polar surface area (TPSA) is 24.5 Å². The first-order chi connectivity index (χ1) is 13.9. The SMILES string of the molecule is CC[C@]1(C)C[C@@](CCNCc2ccc(N(C)C)cc2)(c2ccc(C)cc2)CCO1. The maximum atomic E-state index is 6.20. The molecule has 3 nitrogen and oxygen atoms in total. The Hall–Kier alpha value is -1.84. The molecule has 2 atom stereocenters. The van der Waals surface area contributed by atoms with Gasteiger partial charge in [0.25, 0.3) is 0 Å². The molecule has 1 saturated heterocycles. The molecule has 0 aromatic heterocycles. The summed E-state index contributed by atoms with van der Waals surface area (Å²) in [6, 6.07) is 18.0. The number of rotatable bonds is 8. The van der Waals surface area contributed by atoms with Crippen LogP contribution in [0.3, 0.4) is 0 Å². The Morgan fingerprint density at radius 3 is 2.34 bits per heavy atom. The molecule has 1 aliphatic heterocycles. The quantitative estimate of drug-likeness (QED) is 0.602. The Morgan fingerprint density at radius 1 is 1.03 bits per heavy atom. The second kappa shape index (κ2) is 9.32. The number of hydrogen-bond donors (Lipinski definition) is 1. The van der Waals surface area contributed by atoms with Gasteiger partial charge < -0.3 is 15.0 Å². The summed E-state index contributed by atoms with van der Waals surface area (Å²) in [5.74, 6) is 0. The van der Waals surface area contributed by atoms with Crippen LogP contribution in [0.2, 0.25) is 0 Å². The first-order valence-electron chi connectivity index (χ1n) is 11.0. The van der Waals surface area contributed by atoms with Gasteiger partial charge >= 0.3 is 0 Å². The summed E-state index contributed by atoms with van der Waals surface area (Å²) in [5, 5.41) is 3.69. The molecule has 0 unspecified atom stereocenters. The third-order valence-corrected chi connectivity index (χ3v) is 6.72. The molecule has 3 heteroatoms. The molecule has 0 spiro atoms. The van der Waals surface area contributed by atoms with E-state index in [1.54, 1.807) is 0 Å². The van der Waals surface area contributed by atoms with Crippen molar-refractivity contribution in [2.24, 2.45) is 0 Å². The van der Waals surface area contributed by atoms with Gasteiger partial charge in [0.1, 0.15) is 0 Å². The molecule has 1 fully saturated rings. The van der Waals surface area contributed by atoms with Gasteiger partial charge in [0, 0.05) is 38.3 Å². The van der Waals surface area contributed by atoms with Gasteiger partial charge in [0.05, 0.1) is 5.60 Å². The lowest BCUT2D eigenvalue weighted by molar-refractivity contribution is -0.0979. The Balaban J connectivity index is 1.66. The van der Waals surface area contributed by atoms with Gasteiger partial charge in [0.2, 0.25) is 0 Å². The zero-order valence-corrected chi connectivity index (χ0v) is 18.9. The van der Waals surface area contributed by atoms with Crippen LogP contribution in [0.5, 0.6) is 0 Å². The molecular weight excluding hydrogens is 356 g/mol. The third-order valence-electron chi connectivity index (χ3n) is 6.72. The van der Waals surface area contributed by atoms with Crippen molar-refractivity contribution in [2.75, 3.05) is 32.1 Å². The first-order valence-corrected chi connectivity index (χ1v) is 11.0.